The van der Waals surface area contributed by atoms with Gasteiger partial charge in [-0.1, -0.05) is 12.1 Å². The van der Waals surface area contributed by atoms with Crippen molar-refractivity contribution in [2.45, 2.75) is 13.0 Å². The number of carbonyl (C=O) groups excluding carboxylic acids is 1. The number of hydrogen-bond acceptors (Lipinski definition) is 7. The number of benzene rings is 1. The number of piperazine rings is 1. The van der Waals surface area contributed by atoms with Gasteiger partial charge in [0.2, 0.25) is 0 Å². The summed E-state index contributed by atoms with van der Waals surface area (Å²) in [6.07, 6.45) is 0. The van der Waals surface area contributed by atoms with Crippen LogP contribution in [0.5, 0.6) is 5.75 Å². The van der Waals surface area contributed by atoms with E-state index < -0.39 is 17.3 Å². The Hall–Kier alpha value is -3.07. The Kier molecular flexibility index (Phi) is 5.78. The molecule has 0 radical (unpaired) electrons. The van der Waals surface area contributed by atoms with Crippen molar-refractivity contribution in [3.05, 3.63) is 50.7 Å². The second kappa shape index (κ2) is 8.12. The van der Waals surface area contributed by atoms with Crippen LogP contribution in [-0.4, -0.2) is 59.1 Å². The Bertz CT molecular complexity index is 1030. The average Bonchev–Trinajstić information content (AvgIpc) is 2.76. The molecule has 0 aliphatic carbocycles. The Morgan fingerprint density at radius 3 is 2.31 bits per heavy atom. The van der Waals surface area contributed by atoms with E-state index in [9.17, 15) is 14.4 Å². The van der Waals surface area contributed by atoms with Crippen LogP contribution in [0.3, 0.4) is 0 Å². The van der Waals surface area contributed by atoms with Crippen LogP contribution in [0.4, 0.5) is 11.5 Å². The summed E-state index contributed by atoms with van der Waals surface area (Å²) in [4.78, 5) is 41.8. The number of hydrogen-bond donors (Lipinski definition) is 1. The molecule has 1 aromatic heterocycles. The summed E-state index contributed by atoms with van der Waals surface area (Å²) in [5.74, 6) is 0.346. The van der Waals surface area contributed by atoms with E-state index >= 15 is 0 Å². The molecule has 1 aliphatic heterocycles. The minimum atomic E-state index is -0.657. The third-order valence-corrected chi connectivity index (χ3v) is 5.62. The van der Waals surface area contributed by atoms with Gasteiger partial charge in [-0.25, -0.2) is 4.79 Å². The Balaban J connectivity index is 1.78. The molecule has 0 saturated carbocycles. The molecule has 2 N–H and O–H groups in total. The normalized spacial score (nSPS) is 15.9. The van der Waals surface area contributed by atoms with Crippen LogP contribution < -0.4 is 26.6 Å². The van der Waals surface area contributed by atoms with Gasteiger partial charge in [0.05, 0.1) is 18.8 Å². The molecule has 0 bridgehead atoms. The maximum atomic E-state index is 13.1. The van der Waals surface area contributed by atoms with Crippen molar-refractivity contribution in [1.82, 2.24) is 14.0 Å². The van der Waals surface area contributed by atoms with Gasteiger partial charge in [0.25, 0.3) is 5.56 Å². The maximum absolute atomic E-state index is 13.1. The lowest BCUT2D eigenvalue weighted by Crippen LogP contribution is -2.53. The number of nitrogens with zero attached hydrogens (tertiary/aromatic N) is 4. The Morgan fingerprint density at radius 2 is 1.69 bits per heavy atom. The predicted octanol–water partition coefficient (Wildman–Crippen LogP) is 0.0682. The molecular formula is C20H27N5O4. The summed E-state index contributed by atoms with van der Waals surface area (Å²) in [5.41, 5.74) is 5.62. The Morgan fingerprint density at radius 1 is 1.07 bits per heavy atom. The number of carbonyl (C=O) groups is 1. The molecule has 1 fully saturated rings. The molecule has 1 aliphatic rings. The lowest BCUT2D eigenvalue weighted by Gasteiger charge is -2.39. The number of nitrogen functional groups attached to an aromatic ring is 1. The molecular weight excluding hydrogens is 374 g/mol. The SMILES string of the molecule is COc1ccccc1N1CCN(C(C)C(=O)c2c(N)n(C)c(=O)n(C)c2=O)CC1. The maximum Gasteiger partial charge on any atom is 0.332 e. The molecule has 2 aromatic rings. The van der Waals surface area contributed by atoms with E-state index in [1.165, 1.54) is 14.1 Å². The summed E-state index contributed by atoms with van der Waals surface area (Å²) in [5, 5.41) is 0. The third-order valence-electron chi connectivity index (χ3n) is 5.62. The zero-order chi connectivity index (χ0) is 21.3. The van der Waals surface area contributed by atoms with Crippen molar-refractivity contribution in [3.63, 3.8) is 0 Å². The van der Waals surface area contributed by atoms with E-state index in [2.05, 4.69) is 4.90 Å². The lowest BCUT2D eigenvalue weighted by atomic mass is 10.0. The molecule has 0 amide bonds. The van der Waals surface area contributed by atoms with Crippen LogP contribution in [0.15, 0.2) is 33.9 Å². The van der Waals surface area contributed by atoms with Gasteiger partial charge in [-0.2, -0.15) is 0 Å². The van der Waals surface area contributed by atoms with Crippen molar-refractivity contribution < 1.29 is 9.53 Å². The van der Waals surface area contributed by atoms with Gasteiger partial charge in [-0.3, -0.25) is 23.6 Å². The minimum Gasteiger partial charge on any atom is -0.495 e. The third kappa shape index (κ3) is 3.65. The van der Waals surface area contributed by atoms with E-state index in [1.54, 1.807) is 14.0 Å². The molecule has 1 aromatic carbocycles. The van der Waals surface area contributed by atoms with E-state index in [0.717, 1.165) is 33.7 Å². The summed E-state index contributed by atoms with van der Waals surface area (Å²) in [7, 11) is 4.44. The van der Waals surface area contributed by atoms with E-state index in [1.807, 2.05) is 29.2 Å². The van der Waals surface area contributed by atoms with Crippen molar-refractivity contribution >= 4 is 17.3 Å². The fourth-order valence-electron chi connectivity index (χ4n) is 3.71. The van der Waals surface area contributed by atoms with Crippen LogP contribution in [0.1, 0.15) is 17.3 Å². The molecule has 3 rings (SSSR count). The van der Waals surface area contributed by atoms with Crippen LogP contribution in [-0.2, 0) is 14.1 Å². The highest BCUT2D eigenvalue weighted by molar-refractivity contribution is 6.03. The van der Waals surface area contributed by atoms with Crippen molar-refractivity contribution in [1.29, 1.82) is 0 Å². The van der Waals surface area contributed by atoms with E-state index in [-0.39, 0.29) is 17.2 Å². The first-order valence-electron chi connectivity index (χ1n) is 9.49. The molecule has 29 heavy (non-hydrogen) atoms. The van der Waals surface area contributed by atoms with E-state index in [4.69, 9.17) is 10.5 Å². The first kappa shape index (κ1) is 20.7. The fourth-order valence-corrected chi connectivity index (χ4v) is 3.71. The summed E-state index contributed by atoms with van der Waals surface area (Å²) >= 11 is 0. The van der Waals surface area contributed by atoms with Gasteiger partial charge in [0.1, 0.15) is 17.1 Å². The summed E-state index contributed by atoms with van der Waals surface area (Å²) in [6.45, 7) is 4.51. The van der Waals surface area contributed by atoms with Gasteiger partial charge in [-0.15, -0.1) is 0 Å². The molecule has 1 atom stereocenters. The number of aromatic nitrogens is 2. The number of anilines is 2. The van der Waals surface area contributed by atoms with Crippen LogP contribution in [0, 0.1) is 0 Å². The van der Waals surface area contributed by atoms with Crippen molar-refractivity contribution in [2.24, 2.45) is 14.1 Å². The number of Topliss-reactive ketones (excluding diaryl/α,β-unsaturated/α-hetero) is 1. The van der Waals surface area contributed by atoms with Crippen LogP contribution in [0.2, 0.25) is 0 Å². The van der Waals surface area contributed by atoms with Gasteiger partial charge in [-0.05, 0) is 19.1 Å². The average molecular weight is 401 g/mol. The zero-order valence-corrected chi connectivity index (χ0v) is 17.2. The molecule has 1 unspecified atom stereocenters. The molecule has 1 saturated heterocycles. The standard InChI is InChI=1S/C20H27N5O4/c1-13(17(26)16-18(21)22(2)20(28)23(3)19(16)27)24-9-11-25(12-10-24)14-7-5-6-8-15(14)29-4/h5-8,13H,9-12,21H2,1-4H3. The van der Waals surface area contributed by atoms with Gasteiger partial charge in [0, 0.05) is 40.3 Å². The van der Waals surface area contributed by atoms with E-state index in [0.29, 0.717) is 13.1 Å². The minimum absolute atomic E-state index is 0.0948. The number of ketones is 1. The number of rotatable bonds is 5. The summed E-state index contributed by atoms with van der Waals surface area (Å²) < 4.78 is 7.48. The topological polar surface area (TPSA) is 103 Å². The monoisotopic (exact) mass is 401 g/mol. The lowest BCUT2D eigenvalue weighted by molar-refractivity contribution is 0.0827. The molecule has 9 heteroatoms. The van der Waals surface area contributed by atoms with Gasteiger partial charge >= 0.3 is 5.69 Å². The Labute approximate surface area is 168 Å². The highest BCUT2D eigenvalue weighted by atomic mass is 16.5. The molecule has 156 valence electrons. The fraction of sp³-hybridized carbons (Fsp3) is 0.450. The first-order chi connectivity index (χ1) is 13.8. The quantitative estimate of drug-likeness (QED) is 0.707. The molecule has 9 nitrogen and oxygen atoms in total. The predicted molar refractivity (Wildman–Crippen MR) is 112 cm³/mol. The smallest absolute Gasteiger partial charge is 0.332 e. The second-order valence-corrected chi connectivity index (χ2v) is 7.20. The largest absolute Gasteiger partial charge is 0.495 e. The zero-order valence-electron chi connectivity index (χ0n) is 17.2. The van der Waals surface area contributed by atoms with Gasteiger partial charge < -0.3 is 15.4 Å². The van der Waals surface area contributed by atoms with Gasteiger partial charge in [0.15, 0.2) is 5.78 Å². The second-order valence-electron chi connectivity index (χ2n) is 7.20. The highest BCUT2D eigenvalue weighted by Gasteiger charge is 2.31. The number of ether oxygens (including phenoxy) is 1. The van der Waals surface area contributed by atoms with Crippen molar-refractivity contribution in [2.75, 3.05) is 43.9 Å². The van der Waals surface area contributed by atoms with Crippen LogP contribution >= 0.6 is 0 Å². The highest BCUT2D eigenvalue weighted by Crippen LogP contribution is 2.28. The summed E-state index contributed by atoms with van der Waals surface area (Å²) in [6, 6.07) is 7.30. The number of nitrogens with two attached hydrogens (primary N) is 1. The van der Waals surface area contributed by atoms with Crippen LogP contribution in [0.25, 0.3) is 0 Å². The van der Waals surface area contributed by atoms with Crippen molar-refractivity contribution in [3.8, 4) is 5.75 Å². The molecule has 0 spiro atoms. The number of methoxy groups -OCH3 is 1. The molecule has 2 heterocycles. The number of para-hydroxylation sites is 2. The first-order valence-corrected chi connectivity index (χ1v) is 9.49.